The Labute approximate surface area is 81.2 Å². The van der Waals surface area contributed by atoms with Crippen molar-refractivity contribution in [3.05, 3.63) is 0 Å². The van der Waals surface area contributed by atoms with E-state index in [0.29, 0.717) is 0 Å². The first-order valence-corrected chi connectivity index (χ1v) is 5.05. The third kappa shape index (κ3) is 1.85. The maximum atomic E-state index is 5.16. The molecule has 0 saturated carbocycles. The van der Waals surface area contributed by atoms with Gasteiger partial charge in [-0.3, -0.25) is 4.90 Å². The van der Waals surface area contributed by atoms with Crippen molar-refractivity contribution < 1.29 is 4.74 Å². The maximum Gasteiger partial charge on any atom is 0.0645 e. The Morgan fingerprint density at radius 2 is 1.73 bits per heavy atom. The molecular weight excluding hydrogens is 255 g/mol. The van der Waals surface area contributed by atoms with E-state index in [4.69, 9.17) is 4.74 Å². The molecule has 2 aliphatic heterocycles. The van der Waals surface area contributed by atoms with Gasteiger partial charge in [-0.1, -0.05) is 0 Å². The Bertz CT molecular complexity index is 132. The molecule has 64 valence electrons. The van der Waals surface area contributed by atoms with Crippen LogP contribution < -0.4 is 0 Å². The van der Waals surface area contributed by atoms with E-state index in [1.807, 2.05) is 0 Å². The molecule has 4 heteroatoms. The molecule has 0 aromatic carbocycles. The average molecular weight is 268 g/mol. The van der Waals surface area contributed by atoms with Gasteiger partial charge in [-0.15, -0.1) is 0 Å². The summed E-state index contributed by atoms with van der Waals surface area (Å²) in [7, 11) is 0. The van der Waals surface area contributed by atoms with Crippen LogP contribution in [0.2, 0.25) is 0 Å². The zero-order chi connectivity index (χ0) is 7.68. The summed E-state index contributed by atoms with van der Waals surface area (Å²) >= 11 is 2.40. The van der Waals surface area contributed by atoms with Crippen LogP contribution in [0.5, 0.6) is 0 Å². The van der Waals surface area contributed by atoms with Crippen LogP contribution in [0, 0.1) is 0 Å². The number of piperazine rings is 1. The van der Waals surface area contributed by atoms with E-state index in [9.17, 15) is 0 Å². The summed E-state index contributed by atoms with van der Waals surface area (Å²) in [6.07, 6.45) is 0. The second-order valence-electron chi connectivity index (χ2n) is 3.14. The molecule has 0 spiro atoms. The number of rotatable bonds is 1. The van der Waals surface area contributed by atoms with E-state index in [1.54, 1.807) is 0 Å². The normalized spacial score (nSPS) is 30.3. The van der Waals surface area contributed by atoms with Crippen LogP contribution in [0.25, 0.3) is 0 Å². The molecule has 2 rings (SSSR count). The van der Waals surface area contributed by atoms with Crippen molar-refractivity contribution in [1.29, 1.82) is 0 Å². The van der Waals surface area contributed by atoms with Crippen molar-refractivity contribution in [3.63, 3.8) is 0 Å². The summed E-state index contributed by atoms with van der Waals surface area (Å²) in [5.41, 5.74) is 0. The first-order valence-electron chi connectivity index (χ1n) is 4.09. The van der Waals surface area contributed by atoms with Gasteiger partial charge in [0.05, 0.1) is 19.3 Å². The van der Waals surface area contributed by atoms with Crippen LogP contribution in [0.15, 0.2) is 0 Å². The molecule has 11 heavy (non-hydrogen) atoms. The summed E-state index contributed by atoms with van der Waals surface area (Å²) in [5, 5.41) is 0. The summed E-state index contributed by atoms with van der Waals surface area (Å²) in [6.45, 7) is 6.77. The lowest BCUT2D eigenvalue weighted by Crippen LogP contribution is -2.55. The highest BCUT2D eigenvalue weighted by molar-refractivity contribution is 14.1. The summed E-state index contributed by atoms with van der Waals surface area (Å²) in [5.74, 6) is 0. The molecule has 2 saturated heterocycles. The smallest absolute Gasteiger partial charge is 0.0645 e. The quantitative estimate of drug-likeness (QED) is 0.504. The number of halogens is 1. The molecule has 0 amide bonds. The molecule has 0 aromatic heterocycles. The summed E-state index contributed by atoms with van der Waals surface area (Å²) in [4.78, 5) is 2.54. The first kappa shape index (κ1) is 8.22. The van der Waals surface area contributed by atoms with Gasteiger partial charge < -0.3 is 4.74 Å². The minimum absolute atomic E-state index is 0.736. The molecule has 0 bridgehead atoms. The number of ether oxygens (including phenoxy) is 1. The Morgan fingerprint density at radius 1 is 1.09 bits per heavy atom. The predicted molar refractivity (Wildman–Crippen MR) is 51.8 cm³/mol. The van der Waals surface area contributed by atoms with Crippen LogP contribution in [-0.2, 0) is 4.74 Å². The van der Waals surface area contributed by atoms with Crippen LogP contribution in [-0.4, -0.2) is 53.4 Å². The molecule has 2 heterocycles. The fourth-order valence-electron chi connectivity index (χ4n) is 1.50. The van der Waals surface area contributed by atoms with Crippen LogP contribution >= 0.6 is 22.9 Å². The lowest BCUT2D eigenvalue weighted by molar-refractivity contribution is -0.0709. The van der Waals surface area contributed by atoms with Gasteiger partial charge in [0.1, 0.15) is 0 Å². The molecule has 0 atom stereocenters. The SMILES string of the molecule is IN1CCN(C2COC2)CC1. The lowest BCUT2D eigenvalue weighted by atomic mass is 10.2. The third-order valence-electron chi connectivity index (χ3n) is 2.40. The van der Waals surface area contributed by atoms with Crippen molar-refractivity contribution in [1.82, 2.24) is 8.01 Å². The van der Waals surface area contributed by atoms with Gasteiger partial charge in [-0.2, -0.15) is 0 Å². The van der Waals surface area contributed by atoms with Crippen molar-refractivity contribution >= 4 is 22.9 Å². The molecule has 2 aliphatic rings. The van der Waals surface area contributed by atoms with Gasteiger partial charge >= 0.3 is 0 Å². The first-order chi connectivity index (χ1) is 5.36. The topological polar surface area (TPSA) is 15.7 Å². The van der Waals surface area contributed by atoms with Crippen LogP contribution in [0.3, 0.4) is 0 Å². The minimum Gasteiger partial charge on any atom is -0.378 e. The van der Waals surface area contributed by atoms with Crippen molar-refractivity contribution in [2.24, 2.45) is 0 Å². The minimum atomic E-state index is 0.736. The van der Waals surface area contributed by atoms with Crippen LogP contribution in [0.1, 0.15) is 0 Å². The molecule has 0 radical (unpaired) electrons. The monoisotopic (exact) mass is 268 g/mol. The van der Waals surface area contributed by atoms with Gasteiger partial charge in [0, 0.05) is 49.0 Å². The zero-order valence-corrected chi connectivity index (χ0v) is 8.66. The van der Waals surface area contributed by atoms with Crippen LogP contribution in [0.4, 0.5) is 0 Å². The van der Waals surface area contributed by atoms with Gasteiger partial charge in [0.25, 0.3) is 0 Å². The van der Waals surface area contributed by atoms with E-state index in [-0.39, 0.29) is 0 Å². The van der Waals surface area contributed by atoms with Gasteiger partial charge in [-0.25, -0.2) is 3.11 Å². The standard InChI is InChI=1S/C7H13IN2O/c8-10-3-1-9(2-4-10)7-5-11-6-7/h7H,1-6H2. The fraction of sp³-hybridized carbons (Fsp3) is 1.00. The molecule has 0 unspecified atom stereocenters. The largest absolute Gasteiger partial charge is 0.378 e. The average Bonchev–Trinajstić information content (AvgIpc) is 1.90. The molecule has 0 aromatic rings. The highest BCUT2D eigenvalue weighted by Gasteiger charge is 2.27. The van der Waals surface area contributed by atoms with Crippen molar-refractivity contribution in [2.45, 2.75) is 6.04 Å². The van der Waals surface area contributed by atoms with E-state index in [0.717, 1.165) is 19.3 Å². The van der Waals surface area contributed by atoms with Gasteiger partial charge in [0.15, 0.2) is 0 Å². The van der Waals surface area contributed by atoms with Gasteiger partial charge in [-0.05, 0) is 0 Å². The van der Waals surface area contributed by atoms with E-state index >= 15 is 0 Å². The Balaban J connectivity index is 1.77. The lowest BCUT2D eigenvalue weighted by Gasteiger charge is -2.41. The number of hydrogen-bond acceptors (Lipinski definition) is 3. The highest BCUT2D eigenvalue weighted by atomic mass is 127. The van der Waals surface area contributed by atoms with E-state index < -0.39 is 0 Å². The molecule has 2 fully saturated rings. The third-order valence-corrected chi connectivity index (χ3v) is 3.36. The predicted octanol–water partition coefficient (Wildman–Crippen LogP) is 0.353. The summed E-state index contributed by atoms with van der Waals surface area (Å²) in [6, 6.07) is 0.736. The molecular formula is C7H13IN2O. The Hall–Kier alpha value is 0.610. The molecule has 3 nitrogen and oxygen atoms in total. The van der Waals surface area contributed by atoms with Crippen molar-refractivity contribution in [2.75, 3.05) is 39.4 Å². The molecule has 0 N–H and O–H groups in total. The number of hydrogen-bond donors (Lipinski definition) is 0. The van der Waals surface area contributed by atoms with E-state index in [2.05, 4.69) is 30.9 Å². The second-order valence-corrected chi connectivity index (χ2v) is 4.50. The fourth-order valence-corrected chi connectivity index (χ4v) is 1.93. The summed E-state index contributed by atoms with van der Waals surface area (Å²) < 4.78 is 7.51. The van der Waals surface area contributed by atoms with Gasteiger partial charge in [0.2, 0.25) is 0 Å². The Kier molecular flexibility index (Phi) is 2.65. The maximum absolute atomic E-state index is 5.16. The highest BCUT2D eigenvalue weighted by Crippen LogP contribution is 2.14. The molecule has 0 aliphatic carbocycles. The zero-order valence-electron chi connectivity index (χ0n) is 6.50. The second kappa shape index (κ2) is 3.55. The van der Waals surface area contributed by atoms with E-state index in [1.165, 1.54) is 26.2 Å². The van der Waals surface area contributed by atoms with Crippen molar-refractivity contribution in [3.8, 4) is 0 Å². The Morgan fingerprint density at radius 3 is 2.18 bits per heavy atom. The number of nitrogens with zero attached hydrogens (tertiary/aromatic N) is 2.